The van der Waals surface area contributed by atoms with Gasteiger partial charge in [0.15, 0.2) is 46.0 Å². The largest absolute Gasteiger partial charge is 0.487 e. The number of benzene rings is 4. The van der Waals surface area contributed by atoms with Crippen LogP contribution in [0.25, 0.3) is 148 Å². The number of H-pyrrole nitrogens is 4. The minimum Gasteiger partial charge on any atom is -0.487 e. The third kappa shape index (κ3) is 20.6. The SMILES string of the molecule is C1=Cc2nc1cc1ccc([nH]1)c(-c1ccc3c(c1)OCCOCCOCCOCCO3)c1nc(c(-c3c4nc(c(-c5ccc6c(c5)OCCOCCOCCOCCO6)c5ccc(cc6nc(c(-c7ccc8c(c7)OCCOCCOCCOCCO8)c7ccc3[nH]7)C=C6)[nH]5)C=C4)c3ccc([nH]3)c2-c2ccc3c(c2)OCCOCCOCCOCCO3)C=C1. The van der Waals surface area contributed by atoms with Crippen LogP contribution in [0, 0.1) is 0 Å². The molecule has 18 rings (SSSR count). The average molecular weight is 1680 g/mol. The molecule has 124 heavy (non-hydrogen) atoms. The van der Waals surface area contributed by atoms with Crippen LogP contribution in [0.1, 0.15) is 45.6 Å². The third-order valence-electron chi connectivity index (χ3n) is 21.2. The summed E-state index contributed by atoms with van der Waals surface area (Å²) < 4.78 is 123. The van der Waals surface area contributed by atoms with Crippen molar-refractivity contribution in [3.05, 3.63) is 179 Å². The minimum atomic E-state index is 0.246. The van der Waals surface area contributed by atoms with Crippen LogP contribution in [0.15, 0.2) is 133 Å². The molecule has 10 aromatic rings. The Hall–Kier alpha value is -12.0. The molecule has 6 aromatic heterocycles. The average Bonchev–Trinajstić information content (AvgIpc) is 1.60. The molecule has 0 amide bonds. The molecule has 0 saturated heterocycles. The van der Waals surface area contributed by atoms with E-state index < -0.39 is 0 Å². The zero-order valence-electron chi connectivity index (χ0n) is 68.9. The van der Waals surface area contributed by atoms with Crippen LogP contribution in [-0.2, 0) is 56.8 Å². The first-order valence-corrected chi connectivity index (χ1v) is 42.3. The lowest BCUT2D eigenvalue weighted by atomic mass is 10.0. The maximum Gasteiger partial charge on any atom is 0.161 e. The Morgan fingerprint density at radius 1 is 0.169 bits per heavy atom. The highest BCUT2D eigenvalue weighted by Crippen LogP contribution is 2.46. The Bertz CT molecular complexity index is 5400. The maximum absolute atomic E-state index is 6.62. The number of fused-ring (bicyclic) bond motifs is 20. The van der Waals surface area contributed by atoms with Gasteiger partial charge in [-0.25, -0.2) is 19.9 Å². The monoisotopic (exact) mass is 1680 g/mol. The van der Waals surface area contributed by atoms with Crippen molar-refractivity contribution < 1.29 is 94.7 Å². The van der Waals surface area contributed by atoms with E-state index in [0.717, 1.165) is 77.6 Å². The van der Waals surface area contributed by atoms with Crippen molar-refractivity contribution in [3.8, 4) is 102 Å². The smallest absolute Gasteiger partial charge is 0.161 e. The quantitative estimate of drug-likeness (QED) is 0.124. The van der Waals surface area contributed by atoms with Gasteiger partial charge < -0.3 is 115 Å². The Balaban J connectivity index is 0.904. The Kier molecular flexibility index (Phi) is 27.7. The first-order chi connectivity index (χ1) is 61.5. The fraction of sp³-hybridized carbons (Fsp3) is 0.333. The molecule has 8 aliphatic heterocycles. The van der Waals surface area contributed by atoms with Gasteiger partial charge in [-0.1, -0.05) is 24.3 Å². The molecular weight excluding hydrogens is 1590 g/mol. The van der Waals surface area contributed by atoms with Crippen molar-refractivity contribution in [2.24, 2.45) is 0 Å². The van der Waals surface area contributed by atoms with Crippen molar-refractivity contribution >= 4 is 92.7 Å². The van der Waals surface area contributed by atoms with Crippen molar-refractivity contribution in [1.82, 2.24) is 39.9 Å². The molecule has 0 radical (unpaired) electrons. The zero-order valence-corrected chi connectivity index (χ0v) is 68.9. The molecule has 28 nitrogen and oxygen atoms in total. The number of aromatic amines is 4. The van der Waals surface area contributed by atoms with Crippen LogP contribution < -0.4 is 37.9 Å². The Labute approximate surface area is 715 Å². The van der Waals surface area contributed by atoms with Crippen molar-refractivity contribution in [2.75, 3.05) is 211 Å². The second-order valence-corrected chi connectivity index (χ2v) is 29.5. The van der Waals surface area contributed by atoms with Gasteiger partial charge in [0.1, 0.15) is 52.9 Å². The molecule has 0 atom stereocenters. The highest BCUT2D eigenvalue weighted by Gasteiger charge is 2.26. The molecule has 0 fully saturated rings. The first kappa shape index (κ1) is 82.9. The molecule has 8 aliphatic rings. The Morgan fingerprint density at radius 3 is 0.637 bits per heavy atom. The number of nitrogens with zero attached hydrogens (tertiary/aromatic N) is 4. The summed E-state index contributed by atoms with van der Waals surface area (Å²) in [4.78, 5) is 38.4. The maximum atomic E-state index is 6.62. The van der Waals surface area contributed by atoms with E-state index in [4.69, 9.17) is 115 Å². The molecule has 0 aliphatic carbocycles. The first-order valence-electron chi connectivity index (χ1n) is 42.3. The molecule has 0 spiro atoms. The molecule has 0 saturated carbocycles. The van der Waals surface area contributed by atoms with Gasteiger partial charge >= 0.3 is 0 Å². The Morgan fingerprint density at radius 2 is 0.371 bits per heavy atom. The molecular formula is C96H98N8O20. The number of aromatic nitrogens is 8. The van der Waals surface area contributed by atoms with Gasteiger partial charge in [-0.15, -0.1) is 0 Å². The third-order valence-corrected chi connectivity index (χ3v) is 21.2. The molecule has 4 N–H and O–H groups in total. The number of hydrogen-bond donors (Lipinski definition) is 4. The van der Waals surface area contributed by atoms with Gasteiger partial charge in [-0.2, -0.15) is 0 Å². The summed E-state index contributed by atoms with van der Waals surface area (Å²) in [6, 6.07) is 44.6. The normalized spacial score (nSPS) is 17.5. The summed E-state index contributed by atoms with van der Waals surface area (Å²) in [5.41, 5.74) is 18.8. The van der Waals surface area contributed by atoms with Gasteiger partial charge in [0.2, 0.25) is 0 Å². The van der Waals surface area contributed by atoms with Gasteiger partial charge in [-0.05, 0) is 180 Å². The number of nitrogens with one attached hydrogen (secondary N) is 4. The van der Waals surface area contributed by atoms with E-state index in [1.165, 1.54) is 0 Å². The van der Waals surface area contributed by atoms with Crippen molar-refractivity contribution in [1.29, 1.82) is 0 Å². The van der Waals surface area contributed by atoms with E-state index >= 15 is 0 Å². The van der Waals surface area contributed by atoms with Gasteiger partial charge in [-0.3, -0.25) is 0 Å². The molecule has 16 bridgehead atoms. The van der Waals surface area contributed by atoms with Crippen LogP contribution >= 0.6 is 0 Å². The lowest BCUT2D eigenvalue weighted by Crippen LogP contribution is -2.13. The van der Waals surface area contributed by atoms with Crippen LogP contribution in [0.3, 0.4) is 0 Å². The lowest BCUT2D eigenvalue weighted by Gasteiger charge is -2.15. The van der Waals surface area contributed by atoms with Crippen LogP contribution in [-0.4, -0.2) is 251 Å². The number of ether oxygens (including phenoxy) is 20. The summed E-state index contributed by atoms with van der Waals surface area (Å²) in [5.74, 6) is 4.25. The molecule has 14 heterocycles. The van der Waals surface area contributed by atoms with E-state index in [-0.39, 0.29) is 52.9 Å². The lowest BCUT2D eigenvalue weighted by molar-refractivity contribution is 0.00708. The predicted octanol–water partition coefficient (Wildman–Crippen LogP) is 15.2. The van der Waals surface area contributed by atoms with Crippen molar-refractivity contribution in [2.45, 2.75) is 0 Å². The van der Waals surface area contributed by atoms with Gasteiger partial charge in [0.25, 0.3) is 0 Å². The van der Waals surface area contributed by atoms with E-state index in [1.54, 1.807) is 0 Å². The number of hydrogen-bond acceptors (Lipinski definition) is 24. The van der Waals surface area contributed by atoms with Gasteiger partial charge in [0, 0.05) is 77.5 Å². The second kappa shape index (κ2) is 41.5. The van der Waals surface area contributed by atoms with E-state index in [1.807, 2.05) is 109 Å². The van der Waals surface area contributed by atoms with Crippen molar-refractivity contribution in [3.63, 3.8) is 0 Å². The summed E-state index contributed by atoms with van der Waals surface area (Å²) in [6.45, 7) is 11.6. The standard InChI is InChI=1S/C96H98N8O20/c1-21-83-87(121-53-45-113-37-29-105-25-33-109-41-49-117-83)57-63(1)91-71-9-5-67(97-71)61-68-6-10-72(98-68)92(64-2-22-84-88(58-64)122-54-46-114-38-30-106-26-34-110-42-50-118-84)76-14-18-80(102-76)95(79-17-13-75(91)101-79)96-81-19-15-77(103-81)93(65-3-23-85-89(59-65)123-55-47-115-39-31-107-27-35-111-43-51-119-85)73-11-7-69(99-73)62-70-8-12-74(100-70)94(78-16-20-82(96)104-78)66-4-24-86-90(60-66)124-56-48-116-40-32-108-28-36-112-44-52-120-86/h1-24,57-62,97,99,102,104H,25-56H2. The molecule has 28 heteroatoms. The summed E-state index contributed by atoms with van der Waals surface area (Å²) in [7, 11) is 0. The van der Waals surface area contributed by atoms with E-state index in [9.17, 15) is 0 Å². The summed E-state index contributed by atoms with van der Waals surface area (Å²) >= 11 is 0. The topological polar surface area (TPSA) is 299 Å². The fourth-order valence-corrected chi connectivity index (χ4v) is 15.5. The predicted molar refractivity (Wildman–Crippen MR) is 472 cm³/mol. The number of rotatable bonds is 5. The molecule has 642 valence electrons. The van der Waals surface area contributed by atoms with E-state index in [0.29, 0.717) is 272 Å². The molecule has 4 aromatic carbocycles. The minimum absolute atomic E-state index is 0.246. The summed E-state index contributed by atoms with van der Waals surface area (Å²) in [5, 5.41) is 0. The highest BCUT2D eigenvalue weighted by molar-refractivity contribution is 6.05. The highest BCUT2D eigenvalue weighted by atomic mass is 16.6. The second-order valence-electron chi connectivity index (χ2n) is 29.5. The van der Waals surface area contributed by atoms with E-state index in [2.05, 4.69) is 92.8 Å². The van der Waals surface area contributed by atoms with Crippen LogP contribution in [0.4, 0.5) is 0 Å². The summed E-state index contributed by atoms with van der Waals surface area (Å²) in [6.07, 6.45) is 16.4. The van der Waals surface area contributed by atoms with Gasteiger partial charge in [0.05, 0.1) is 204 Å². The zero-order chi connectivity index (χ0) is 83.3. The van der Waals surface area contributed by atoms with Crippen LogP contribution in [0.5, 0.6) is 46.0 Å². The van der Waals surface area contributed by atoms with Crippen LogP contribution in [0.2, 0.25) is 0 Å². The molecule has 0 unspecified atom stereocenters. The fourth-order valence-electron chi connectivity index (χ4n) is 15.5.